The highest BCUT2D eigenvalue weighted by atomic mass is 19.4. The molecule has 0 unspecified atom stereocenters. The molecular weight excluding hydrogens is 529 g/mol. The minimum atomic E-state index is -4.62. The Bertz CT molecular complexity index is 1780. The minimum Gasteiger partial charge on any atom is -0.264 e. The van der Waals surface area contributed by atoms with Gasteiger partial charge in [0.25, 0.3) is 0 Å². The van der Waals surface area contributed by atoms with Gasteiger partial charge in [-0.25, -0.2) is 18.7 Å². The topological polar surface area (TPSA) is 82.3 Å². The van der Waals surface area contributed by atoms with Gasteiger partial charge < -0.3 is 0 Å². The van der Waals surface area contributed by atoms with E-state index in [4.69, 9.17) is 0 Å². The molecule has 0 amide bonds. The van der Waals surface area contributed by atoms with E-state index in [2.05, 4.69) is 30.2 Å². The Balaban J connectivity index is 1.26. The quantitative estimate of drug-likeness (QED) is 0.236. The van der Waals surface area contributed by atoms with Crippen LogP contribution in [0, 0.1) is 11.6 Å². The number of aromatic nitrogens is 7. The molecule has 0 atom stereocenters. The molecule has 7 nitrogen and oxygen atoms in total. The first kappa shape index (κ1) is 25.2. The zero-order valence-corrected chi connectivity index (χ0v) is 20.3. The van der Waals surface area contributed by atoms with Crippen LogP contribution in [0.2, 0.25) is 0 Å². The van der Waals surface area contributed by atoms with E-state index < -0.39 is 23.4 Å². The van der Waals surface area contributed by atoms with E-state index >= 15 is 0 Å². The second kappa shape index (κ2) is 9.88. The fourth-order valence-corrected chi connectivity index (χ4v) is 4.19. The second-order valence-corrected chi connectivity index (χ2v) is 8.77. The monoisotopic (exact) mass is 545 g/mol. The third kappa shape index (κ3) is 4.86. The maximum atomic E-state index is 14.2. The van der Waals surface area contributed by atoms with Crippen molar-refractivity contribution in [3.8, 4) is 45.3 Å². The number of fused-ring (bicyclic) bond motifs is 1. The van der Waals surface area contributed by atoms with E-state index in [0.29, 0.717) is 28.3 Å². The number of rotatable bonds is 5. The fourth-order valence-electron chi connectivity index (χ4n) is 4.19. The molecule has 0 spiro atoms. The summed E-state index contributed by atoms with van der Waals surface area (Å²) in [5.74, 6) is -2.03. The number of alkyl halides is 3. The van der Waals surface area contributed by atoms with Crippen molar-refractivity contribution < 1.29 is 22.0 Å². The summed E-state index contributed by atoms with van der Waals surface area (Å²) in [6.07, 6.45) is -0.136. The molecule has 2 aliphatic rings. The number of halogens is 5. The summed E-state index contributed by atoms with van der Waals surface area (Å²) in [5, 5.41) is 12.4. The fraction of sp³-hybridized carbons (Fsp3) is 0.0714. The van der Waals surface area contributed by atoms with Gasteiger partial charge in [-0.3, -0.25) is 9.67 Å². The van der Waals surface area contributed by atoms with Gasteiger partial charge in [0.2, 0.25) is 0 Å². The lowest BCUT2D eigenvalue weighted by atomic mass is 9.99. The molecule has 0 fully saturated rings. The van der Waals surface area contributed by atoms with Crippen LogP contribution < -0.4 is 0 Å². The summed E-state index contributed by atoms with van der Waals surface area (Å²) < 4.78 is 71.1. The highest BCUT2D eigenvalue weighted by Gasteiger charge is 2.34. The van der Waals surface area contributed by atoms with Gasteiger partial charge >= 0.3 is 6.18 Å². The highest BCUT2D eigenvalue weighted by Crippen LogP contribution is 2.38. The van der Waals surface area contributed by atoms with Gasteiger partial charge in [-0.05, 0) is 42.5 Å². The molecule has 6 rings (SSSR count). The lowest BCUT2D eigenvalue weighted by Crippen LogP contribution is -2.10. The number of hydrogen-bond acceptors (Lipinski definition) is 6. The van der Waals surface area contributed by atoms with Gasteiger partial charge in [0, 0.05) is 17.3 Å². The van der Waals surface area contributed by atoms with E-state index in [-0.39, 0.29) is 29.2 Å². The summed E-state index contributed by atoms with van der Waals surface area (Å²) in [6, 6.07) is 15.7. The summed E-state index contributed by atoms with van der Waals surface area (Å²) in [4.78, 5) is 12.6. The predicted octanol–water partition coefficient (Wildman–Crippen LogP) is 6.31. The maximum absolute atomic E-state index is 14.2. The van der Waals surface area contributed by atoms with Crippen molar-refractivity contribution >= 4 is 0 Å². The highest BCUT2D eigenvalue weighted by molar-refractivity contribution is 5.71. The predicted molar refractivity (Wildman–Crippen MR) is 135 cm³/mol. The lowest BCUT2D eigenvalue weighted by Gasteiger charge is -2.14. The Hall–Kier alpha value is -5.13. The van der Waals surface area contributed by atoms with Crippen molar-refractivity contribution in [2.75, 3.05) is 0 Å². The average Bonchev–Trinajstić information content (AvgIpc) is 3.38. The summed E-state index contributed by atoms with van der Waals surface area (Å²) in [7, 11) is 0. The van der Waals surface area contributed by atoms with Gasteiger partial charge in [-0.15, -0.1) is 0 Å². The molecular formula is C28H16F5N7. The summed E-state index contributed by atoms with van der Waals surface area (Å²) >= 11 is 0. The smallest absolute Gasteiger partial charge is 0.264 e. The average molecular weight is 545 g/mol. The first-order valence-corrected chi connectivity index (χ1v) is 11.9. The number of pyridine rings is 1. The van der Waals surface area contributed by atoms with Crippen LogP contribution in [0.5, 0.6) is 0 Å². The SMILES string of the molecule is Fc1cccc(-c2nc3cnn(Cc4ccc(-c5ccc(-c6ccccn6)cc5C(F)(F)F)nn4)cc-3n2)c1F. The molecule has 0 bridgehead atoms. The number of benzene rings is 2. The molecule has 12 heteroatoms. The van der Waals surface area contributed by atoms with Gasteiger partial charge in [0.1, 0.15) is 11.4 Å². The van der Waals surface area contributed by atoms with Crippen LogP contribution in [0.3, 0.4) is 0 Å². The van der Waals surface area contributed by atoms with Gasteiger partial charge in [-0.1, -0.05) is 24.3 Å². The van der Waals surface area contributed by atoms with Crippen molar-refractivity contribution in [3.63, 3.8) is 0 Å². The normalized spacial score (nSPS) is 11.7. The van der Waals surface area contributed by atoms with Crippen LogP contribution in [0.4, 0.5) is 22.0 Å². The van der Waals surface area contributed by atoms with Gasteiger partial charge in [0.15, 0.2) is 17.5 Å². The largest absolute Gasteiger partial charge is 0.417 e. The molecule has 2 aromatic carbocycles. The molecule has 2 aliphatic heterocycles. The van der Waals surface area contributed by atoms with E-state index in [1.54, 1.807) is 36.5 Å². The van der Waals surface area contributed by atoms with E-state index in [1.807, 2.05) is 0 Å². The molecule has 0 saturated carbocycles. The van der Waals surface area contributed by atoms with Crippen molar-refractivity contribution in [2.24, 2.45) is 0 Å². The third-order valence-corrected chi connectivity index (χ3v) is 6.11. The third-order valence-electron chi connectivity index (χ3n) is 6.11. The standard InChI is InChI=1S/C28H16F5N7/c29-21-5-3-4-19(26(21)30)27-36-24-13-35-40(15-25(24)37-27)14-17-8-10-23(39-38-17)18-9-7-16(12-20(18)28(31,32)33)22-6-1-2-11-34-22/h1-13,15H,14H2. The van der Waals surface area contributed by atoms with Crippen LogP contribution in [0.25, 0.3) is 45.3 Å². The summed E-state index contributed by atoms with van der Waals surface area (Å²) in [5.41, 5.74) is 0.975. The molecule has 2 aromatic heterocycles. The van der Waals surface area contributed by atoms with E-state index in [1.165, 1.54) is 41.3 Å². The molecule has 0 aliphatic carbocycles. The molecule has 198 valence electrons. The number of hydrogen-bond donors (Lipinski definition) is 0. The Labute approximate surface area is 223 Å². The van der Waals surface area contributed by atoms with Gasteiger partial charge in [-0.2, -0.15) is 28.5 Å². The van der Waals surface area contributed by atoms with Crippen molar-refractivity contribution in [2.45, 2.75) is 12.7 Å². The van der Waals surface area contributed by atoms with Crippen LogP contribution in [-0.4, -0.2) is 34.9 Å². The first-order valence-electron chi connectivity index (χ1n) is 11.9. The Morgan fingerprint density at radius 1 is 0.750 bits per heavy atom. The zero-order chi connectivity index (χ0) is 27.9. The summed E-state index contributed by atoms with van der Waals surface area (Å²) in [6.45, 7) is 0.129. The molecule has 4 aromatic rings. The maximum Gasteiger partial charge on any atom is 0.417 e. The van der Waals surface area contributed by atoms with Crippen LogP contribution >= 0.6 is 0 Å². The van der Waals surface area contributed by atoms with Crippen molar-refractivity contribution in [1.29, 1.82) is 0 Å². The van der Waals surface area contributed by atoms with E-state index in [9.17, 15) is 22.0 Å². The van der Waals surface area contributed by atoms with Crippen molar-refractivity contribution in [1.82, 2.24) is 34.9 Å². The zero-order valence-electron chi connectivity index (χ0n) is 20.3. The van der Waals surface area contributed by atoms with E-state index in [0.717, 1.165) is 12.1 Å². The van der Waals surface area contributed by atoms with Gasteiger partial charge in [0.05, 0.1) is 47.1 Å². The molecule has 0 N–H and O–H groups in total. The Kier molecular flexibility index (Phi) is 6.21. The number of nitrogens with zero attached hydrogens (tertiary/aromatic N) is 7. The van der Waals surface area contributed by atoms with Crippen molar-refractivity contribution in [3.05, 3.63) is 108 Å². The number of imidazole rings is 1. The molecule has 0 saturated heterocycles. The first-order chi connectivity index (χ1) is 19.3. The second-order valence-electron chi connectivity index (χ2n) is 8.77. The molecule has 4 heterocycles. The molecule has 0 radical (unpaired) electrons. The van der Waals surface area contributed by atoms with Crippen LogP contribution in [0.1, 0.15) is 11.3 Å². The Morgan fingerprint density at radius 2 is 1.60 bits per heavy atom. The van der Waals surface area contributed by atoms with Crippen LogP contribution in [0.15, 0.2) is 85.3 Å². The molecule has 40 heavy (non-hydrogen) atoms. The minimum absolute atomic E-state index is 0.0187. The van der Waals surface area contributed by atoms with Crippen LogP contribution in [-0.2, 0) is 12.7 Å². The Morgan fingerprint density at radius 3 is 2.35 bits per heavy atom. The lowest BCUT2D eigenvalue weighted by molar-refractivity contribution is -0.137.